The van der Waals surface area contributed by atoms with Crippen molar-refractivity contribution in [3.8, 4) is 0 Å². The van der Waals surface area contributed by atoms with E-state index in [9.17, 15) is 14.4 Å². The summed E-state index contributed by atoms with van der Waals surface area (Å²) in [5.41, 5.74) is 0.715. The number of hydrogen-bond donors (Lipinski definition) is 2. The monoisotopic (exact) mass is 326 g/mol. The number of benzene rings is 1. The van der Waals surface area contributed by atoms with E-state index in [4.69, 9.17) is 5.11 Å². The summed E-state index contributed by atoms with van der Waals surface area (Å²) in [4.78, 5) is 36.2. The maximum atomic E-state index is 11.8. The molecule has 0 spiro atoms. The molecule has 0 aliphatic carbocycles. The number of hydrogen-bond acceptors (Lipinski definition) is 4. The summed E-state index contributed by atoms with van der Waals surface area (Å²) in [5.74, 6) is -1.76. The van der Waals surface area contributed by atoms with Crippen molar-refractivity contribution in [2.24, 2.45) is 0 Å². The first-order chi connectivity index (χ1) is 9.04. The summed E-state index contributed by atoms with van der Waals surface area (Å²) in [6.45, 7) is -0.311. The normalized spacial score (nSPS) is 13.7. The number of carbonyl (C=O) groups excluding carboxylic acids is 3. The molecule has 0 radical (unpaired) electrons. The Morgan fingerprint density at radius 1 is 1.37 bits per heavy atom. The van der Waals surface area contributed by atoms with Crippen LogP contribution in [0.4, 0.5) is 5.69 Å². The van der Waals surface area contributed by atoms with Gasteiger partial charge in [-0.25, -0.2) is 0 Å². The van der Waals surface area contributed by atoms with Gasteiger partial charge in [-0.05, 0) is 18.2 Å². The average Bonchev–Trinajstić information content (AvgIpc) is 2.61. The highest BCUT2D eigenvalue weighted by molar-refractivity contribution is 9.10. The van der Waals surface area contributed by atoms with Crippen molar-refractivity contribution < 1.29 is 19.5 Å². The molecule has 0 fully saturated rings. The number of nitrogens with one attached hydrogen (secondary N) is 1. The molecule has 1 aliphatic rings. The second-order valence-corrected chi connectivity index (χ2v) is 4.87. The zero-order valence-electron chi connectivity index (χ0n) is 9.85. The number of amides is 2. The fraction of sp³-hybridized carbons (Fsp3) is 0.250. The smallest absolute Gasteiger partial charge is 0.299 e. The number of nitrogens with zero attached hydrogens (tertiary/aromatic N) is 1. The van der Waals surface area contributed by atoms with Gasteiger partial charge in [0.25, 0.3) is 11.7 Å². The molecule has 100 valence electrons. The molecule has 2 rings (SSSR count). The highest BCUT2D eigenvalue weighted by Gasteiger charge is 2.36. The van der Waals surface area contributed by atoms with Crippen LogP contribution in [-0.4, -0.2) is 42.4 Å². The Labute approximate surface area is 117 Å². The molecule has 1 heterocycles. The van der Waals surface area contributed by atoms with Crippen LogP contribution in [0.25, 0.3) is 0 Å². The first kappa shape index (κ1) is 13.7. The van der Waals surface area contributed by atoms with Gasteiger partial charge in [0.2, 0.25) is 5.91 Å². The Balaban J connectivity index is 2.23. The van der Waals surface area contributed by atoms with E-state index in [2.05, 4.69) is 21.2 Å². The van der Waals surface area contributed by atoms with Crippen LogP contribution < -0.4 is 10.2 Å². The third-order valence-corrected chi connectivity index (χ3v) is 3.16. The number of ketones is 1. The molecule has 0 bridgehead atoms. The molecule has 19 heavy (non-hydrogen) atoms. The summed E-state index contributed by atoms with van der Waals surface area (Å²) in [6, 6.07) is 4.84. The quantitative estimate of drug-likeness (QED) is 0.767. The van der Waals surface area contributed by atoms with Gasteiger partial charge in [-0.3, -0.25) is 19.3 Å². The Morgan fingerprint density at radius 2 is 2.11 bits per heavy atom. The van der Waals surface area contributed by atoms with E-state index in [0.717, 1.165) is 9.37 Å². The predicted molar refractivity (Wildman–Crippen MR) is 70.9 cm³/mol. The first-order valence-electron chi connectivity index (χ1n) is 5.58. The fourth-order valence-electron chi connectivity index (χ4n) is 1.82. The van der Waals surface area contributed by atoms with Gasteiger partial charge in [0, 0.05) is 11.0 Å². The standard InChI is InChI=1S/C12H11BrN2O4/c13-7-1-2-8-9(5-7)15(12(19)11(8)18)6-10(17)14-3-4-16/h1-2,5,16H,3-4,6H2,(H,14,17). The van der Waals surface area contributed by atoms with Gasteiger partial charge in [-0.1, -0.05) is 15.9 Å². The second kappa shape index (κ2) is 5.50. The van der Waals surface area contributed by atoms with Crippen LogP contribution in [0.3, 0.4) is 0 Å². The minimum atomic E-state index is -0.716. The van der Waals surface area contributed by atoms with Crippen LogP contribution in [0.1, 0.15) is 10.4 Å². The molecule has 2 N–H and O–H groups in total. The Hall–Kier alpha value is -1.73. The van der Waals surface area contributed by atoms with E-state index in [1.165, 1.54) is 0 Å². The third-order valence-electron chi connectivity index (χ3n) is 2.67. The van der Waals surface area contributed by atoms with Crippen LogP contribution in [0.15, 0.2) is 22.7 Å². The maximum absolute atomic E-state index is 11.8. The lowest BCUT2D eigenvalue weighted by atomic mass is 10.1. The minimum Gasteiger partial charge on any atom is -0.395 e. The number of halogens is 1. The zero-order valence-corrected chi connectivity index (χ0v) is 11.4. The molecule has 0 saturated heterocycles. The maximum Gasteiger partial charge on any atom is 0.299 e. The number of anilines is 1. The first-order valence-corrected chi connectivity index (χ1v) is 6.37. The van der Waals surface area contributed by atoms with Crippen molar-refractivity contribution in [1.82, 2.24) is 5.32 Å². The van der Waals surface area contributed by atoms with E-state index in [0.29, 0.717) is 11.3 Å². The molecule has 0 atom stereocenters. The largest absolute Gasteiger partial charge is 0.395 e. The average molecular weight is 327 g/mol. The van der Waals surface area contributed by atoms with Crippen molar-refractivity contribution in [2.75, 3.05) is 24.6 Å². The van der Waals surface area contributed by atoms with Crippen LogP contribution in [0.2, 0.25) is 0 Å². The number of fused-ring (bicyclic) bond motifs is 1. The number of aliphatic hydroxyl groups excluding tert-OH is 1. The summed E-state index contributed by atoms with van der Waals surface area (Å²) in [6.07, 6.45) is 0. The van der Waals surface area contributed by atoms with Gasteiger partial charge in [0.05, 0.1) is 17.9 Å². The molecule has 0 saturated carbocycles. The SMILES string of the molecule is O=C(CN1C(=O)C(=O)c2ccc(Br)cc21)NCCO. The Kier molecular flexibility index (Phi) is 3.96. The van der Waals surface area contributed by atoms with Gasteiger partial charge in [-0.2, -0.15) is 0 Å². The van der Waals surface area contributed by atoms with Crippen LogP contribution in [-0.2, 0) is 9.59 Å². The van der Waals surface area contributed by atoms with Crippen molar-refractivity contribution >= 4 is 39.2 Å². The molecule has 7 heteroatoms. The molecule has 0 aromatic heterocycles. The highest BCUT2D eigenvalue weighted by atomic mass is 79.9. The summed E-state index contributed by atoms with van der Waals surface area (Å²) >= 11 is 3.26. The second-order valence-electron chi connectivity index (χ2n) is 3.96. The molecular weight excluding hydrogens is 316 g/mol. The van der Waals surface area contributed by atoms with Crippen LogP contribution >= 0.6 is 15.9 Å². The summed E-state index contributed by atoms with van der Waals surface area (Å²) < 4.78 is 0.717. The van der Waals surface area contributed by atoms with Crippen molar-refractivity contribution in [2.45, 2.75) is 0 Å². The fourth-order valence-corrected chi connectivity index (χ4v) is 2.17. The Morgan fingerprint density at radius 3 is 2.79 bits per heavy atom. The van der Waals surface area contributed by atoms with Crippen molar-refractivity contribution in [3.05, 3.63) is 28.2 Å². The molecule has 1 aromatic rings. The van der Waals surface area contributed by atoms with E-state index in [-0.39, 0.29) is 19.7 Å². The molecule has 6 nitrogen and oxygen atoms in total. The van der Waals surface area contributed by atoms with Crippen LogP contribution in [0, 0.1) is 0 Å². The van der Waals surface area contributed by atoms with E-state index >= 15 is 0 Å². The molecule has 1 aliphatic heterocycles. The minimum absolute atomic E-state index is 0.111. The third kappa shape index (κ3) is 2.66. The molecule has 2 amide bonds. The lowest BCUT2D eigenvalue weighted by Crippen LogP contribution is -2.40. The lowest BCUT2D eigenvalue weighted by Gasteiger charge is -2.16. The number of carbonyl (C=O) groups is 3. The molecule has 1 aromatic carbocycles. The van der Waals surface area contributed by atoms with Gasteiger partial charge < -0.3 is 10.4 Å². The van der Waals surface area contributed by atoms with E-state index in [1.54, 1.807) is 18.2 Å². The molecular formula is C12H11BrN2O4. The Bertz CT molecular complexity index is 559. The highest BCUT2D eigenvalue weighted by Crippen LogP contribution is 2.31. The zero-order chi connectivity index (χ0) is 14.0. The predicted octanol–water partition coefficient (Wildman–Crippen LogP) is 0.0869. The lowest BCUT2D eigenvalue weighted by molar-refractivity contribution is -0.122. The van der Waals surface area contributed by atoms with Crippen molar-refractivity contribution in [1.29, 1.82) is 0 Å². The van der Waals surface area contributed by atoms with Crippen molar-refractivity contribution in [3.63, 3.8) is 0 Å². The topological polar surface area (TPSA) is 86.7 Å². The van der Waals surface area contributed by atoms with E-state index < -0.39 is 17.6 Å². The number of Topliss-reactive ketones (excluding diaryl/α,β-unsaturated/α-hetero) is 1. The van der Waals surface area contributed by atoms with Crippen LogP contribution in [0.5, 0.6) is 0 Å². The van der Waals surface area contributed by atoms with E-state index in [1.807, 2.05) is 0 Å². The number of rotatable bonds is 4. The van der Waals surface area contributed by atoms with Gasteiger partial charge in [0.15, 0.2) is 0 Å². The summed E-state index contributed by atoms with van der Waals surface area (Å²) in [5, 5.41) is 11.0. The summed E-state index contributed by atoms with van der Waals surface area (Å²) in [7, 11) is 0. The van der Waals surface area contributed by atoms with Gasteiger partial charge in [0.1, 0.15) is 6.54 Å². The van der Waals surface area contributed by atoms with Gasteiger partial charge >= 0.3 is 0 Å². The van der Waals surface area contributed by atoms with Gasteiger partial charge in [-0.15, -0.1) is 0 Å². The molecule has 0 unspecified atom stereocenters. The number of aliphatic hydroxyl groups is 1.